The van der Waals surface area contributed by atoms with Crippen LogP contribution in [-0.2, 0) is 15.9 Å². The van der Waals surface area contributed by atoms with Crippen molar-refractivity contribution < 1.29 is 8.42 Å². The van der Waals surface area contributed by atoms with Crippen LogP contribution in [-0.4, -0.2) is 49.8 Å². The molecule has 118 valence electrons. The van der Waals surface area contributed by atoms with E-state index in [-0.39, 0.29) is 0 Å². The second-order valence-electron chi connectivity index (χ2n) is 5.43. The third-order valence-corrected chi connectivity index (χ3v) is 6.96. The van der Waals surface area contributed by atoms with Gasteiger partial charge in [-0.3, -0.25) is 4.90 Å². The van der Waals surface area contributed by atoms with Crippen LogP contribution >= 0.6 is 27.5 Å². The highest BCUT2D eigenvalue weighted by Crippen LogP contribution is 2.27. The summed E-state index contributed by atoms with van der Waals surface area (Å²) in [7, 11) is -3.45. The van der Waals surface area contributed by atoms with Crippen LogP contribution in [0.25, 0.3) is 0 Å². The van der Waals surface area contributed by atoms with Crippen molar-refractivity contribution in [2.45, 2.75) is 30.7 Å². The van der Waals surface area contributed by atoms with Crippen molar-refractivity contribution in [2.24, 2.45) is 0 Å². The van der Waals surface area contributed by atoms with E-state index in [0.29, 0.717) is 34.4 Å². The number of benzene rings is 1. The Labute approximate surface area is 140 Å². The molecule has 0 radical (unpaired) electrons. The highest BCUT2D eigenvalue weighted by atomic mass is 79.9. The van der Waals surface area contributed by atoms with Crippen molar-refractivity contribution in [2.75, 3.05) is 26.2 Å². The van der Waals surface area contributed by atoms with Crippen molar-refractivity contribution in [3.8, 4) is 0 Å². The lowest BCUT2D eigenvalue weighted by Crippen LogP contribution is -2.50. The first-order valence-corrected chi connectivity index (χ1v) is 9.71. The Morgan fingerprint density at radius 1 is 1.24 bits per heavy atom. The number of halogens is 2. The molecule has 1 heterocycles. The van der Waals surface area contributed by atoms with E-state index in [0.717, 1.165) is 18.7 Å². The van der Waals surface area contributed by atoms with Gasteiger partial charge < -0.3 is 0 Å². The van der Waals surface area contributed by atoms with Gasteiger partial charge in [0.25, 0.3) is 0 Å². The number of hydrogen-bond acceptors (Lipinski definition) is 3. The molecule has 0 spiro atoms. The molecule has 1 aromatic rings. The summed E-state index contributed by atoms with van der Waals surface area (Å²) in [6.07, 6.45) is 0. The van der Waals surface area contributed by atoms with Crippen LogP contribution in [0.5, 0.6) is 0 Å². The molecule has 1 aliphatic rings. The van der Waals surface area contributed by atoms with Crippen LogP contribution in [0.4, 0.5) is 0 Å². The van der Waals surface area contributed by atoms with Crippen LogP contribution < -0.4 is 0 Å². The van der Waals surface area contributed by atoms with Gasteiger partial charge in [0.15, 0.2) is 0 Å². The van der Waals surface area contributed by atoms with Crippen molar-refractivity contribution in [1.82, 2.24) is 9.21 Å². The first-order valence-electron chi connectivity index (χ1n) is 6.95. The maximum atomic E-state index is 12.7. The average molecular weight is 396 g/mol. The summed E-state index contributed by atoms with van der Waals surface area (Å²) in [6, 6.07) is 5.61. The first kappa shape index (κ1) is 17.2. The third-order valence-electron chi connectivity index (χ3n) is 3.77. The van der Waals surface area contributed by atoms with E-state index in [4.69, 9.17) is 11.6 Å². The molecule has 0 saturated carbocycles. The average Bonchev–Trinajstić information content (AvgIpc) is 2.46. The van der Waals surface area contributed by atoms with Crippen molar-refractivity contribution >= 4 is 37.6 Å². The van der Waals surface area contributed by atoms with E-state index in [2.05, 4.69) is 34.7 Å². The summed E-state index contributed by atoms with van der Waals surface area (Å²) in [6.45, 7) is 6.87. The normalized spacial score (nSPS) is 18.3. The number of nitrogens with zero attached hydrogens (tertiary/aromatic N) is 2. The molecule has 0 unspecified atom stereocenters. The number of alkyl halides is 1. The molecule has 0 amide bonds. The molecule has 1 fully saturated rings. The number of piperazine rings is 1. The second-order valence-corrected chi connectivity index (χ2v) is 8.46. The molecular weight excluding hydrogens is 376 g/mol. The molecule has 4 nitrogen and oxygen atoms in total. The number of sulfonamides is 1. The minimum atomic E-state index is -3.45. The maximum Gasteiger partial charge on any atom is 0.244 e. The molecule has 0 aromatic heterocycles. The maximum absolute atomic E-state index is 12.7. The van der Waals surface area contributed by atoms with Gasteiger partial charge in [-0.1, -0.05) is 6.07 Å². The predicted molar refractivity (Wildman–Crippen MR) is 89.2 cm³/mol. The van der Waals surface area contributed by atoms with Crippen LogP contribution in [0, 0.1) is 0 Å². The summed E-state index contributed by atoms with van der Waals surface area (Å²) in [5, 5.41) is 0. The molecule has 21 heavy (non-hydrogen) atoms. The minimum absolute atomic E-state index is 0.314. The highest BCUT2D eigenvalue weighted by molar-refractivity contribution is 9.10. The standard InChI is InChI=1S/C14H20BrClN2O2S/c1-11(2)17-5-7-18(8-6-17)21(19,20)14-4-3-12(10-16)9-13(14)15/h3-4,9,11H,5-8,10H2,1-2H3. The topological polar surface area (TPSA) is 40.6 Å². The van der Waals surface area contributed by atoms with Gasteiger partial charge >= 0.3 is 0 Å². The van der Waals surface area contributed by atoms with E-state index in [9.17, 15) is 8.42 Å². The fourth-order valence-electron chi connectivity index (χ4n) is 2.44. The van der Waals surface area contributed by atoms with Gasteiger partial charge in [-0.25, -0.2) is 8.42 Å². The molecule has 1 aromatic carbocycles. The van der Waals surface area contributed by atoms with Gasteiger partial charge in [0.1, 0.15) is 0 Å². The summed E-state index contributed by atoms with van der Waals surface area (Å²) in [4.78, 5) is 2.60. The SMILES string of the molecule is CC(C)N1CCN(S(=O)(=O)c2ccc(CCl)cc2Br)CC1. The van der Waals surface area contributed by atoms with Gasteiger partial charge in [0, 0.05) is 42.6 Å². The quantitative estimate of drug-likeness (QED) is 0.736. The summed E-state index contributed by atoms with van der Waals surface area (Å²) in [5.41, 5.74) is 0.895. The lowest BCUT2D eigenvalue weighted by atomic mass is 10.2. The predicted octanol–water partition coefficient (Wildman–Crippen LogP) is 2.90. The zero-order valence-corrected chi connectivity index (χ0v) is 15.4. The van der Waals surface area contributed by atoms with Crippen LogP contribution in [0.1, 0.15) is 19.4 Å². The van der Waals surface area contributed by atoms with Gasteiger partial charge in [-0.15, -0.1) is 11.6 Å². The van der Waals surface area contributed by atoms with E-state index in [1.807, 2.05) is 0 Å². The molecule has 0 bridgehead atoms. The Hall–Kier alpha value is -0.140. The van der Waals surface area contributed by atoms with Gasteiger partial charge in [-0.05, 0) is 47.5 Å². The van der Waals surface area contributed by atoms with Crippen molar-refractivity contribution in [1.29, 1.82) is 0 Å². The summed E-state index contributed by atoms with van der Waals surface area (Å²) >= 11 is 9.12. The van der Waals surface area contributed by atoms with Gasteiger partial charge in [-0.2, -0.15) is 4.31 Å². The summed E-state index contributed by atoms with van der Waals surface area (Å²) in [5.74, 6) is 0.367. The number of hydrogen-bond donors (Lipinski definition) is 0. The smallest absolute Gasteiger partial charge is 0.244 e. The largest absolute Gasteiger partial charge is 0.298 e. The molecule has 7 heteroatoms. The van der Waals surface area contributed by atoms with E-state index < -0.39 is 10.0 Å². The van der Waals surface area contributed by atoms with Crippen LogP contribution in [0.3, 0.4) is 0 Å². The zero-order chi connectivity index (χ0) is 15.6. The molecule has 1 saturated heterocycles. The third kappa shape index (κ3) is 3.79. The molecule has 0 aliphatic carbocycles. The van der Waals surface area contributed by atoms with Crippen LogP contribution in [0.2, 0.25) is 0 Å². The van der Waals surface area contributed by atoms with Crippen LogP contribution in [0.15, 0.2) is 27.6 Å². The minimum Gasteiger partial charge on any atom is -0.298 e. The Bertz CT molecular complexity index is 599. The fourth-order valence-corrected chi connectivity index (χ4v) is 5.11. The zero-order valence-electron chi connectivity index (χ0n) is 12.2. The molecule has 1 aliphatic heterocycles. The summed E-state index contributed by atoms with van der Waals surface area (Å²) < 4.78 is 27.6. The lowest BCUT2D eigenvalue weighted by Gasteiger charge is -2.36. The molecule has 2 rings (SSSR count). The fraction of sp³-hybridized carbons (Fsp3) is 0.571. The molecule has 0 atom stereocenters. The van der Waals surface area contributed by atoms with Crippen molar-refractivity contribution in [3.63, 3.8) is 0 Å². The Balaban J connectivity index is 2.19. The lowest BCUT2D eigenvalue weighted by molar-refractivity contribution is 0.154. The monoisotopic (exact) mass is 394 g/mol. The Morgan fingerprint density at radius 3 is 2.33 bits per heavy atom. The highest BCUT2D eigenvalue weighted by Gasteiger charge is 2.30. The van der Waals surface area contributed by atoms with Gasteiger partial charge in [0.2, 0.25) is 10.0 Å². The van der Waals surface area contributed by atoms with E-state index >= 15 is 0 Å². The first-order chi connectivity index (χ1) is 9.86. The Kier molecular flexibility index (Phi) is 5.71. The van der Waals surface area contributed by atoms with Gasteiger partial charge in [0.05, 0.1) is 4.90 Å². The van der Waals surface area contributed by atoms with E-state index in [1.165, 1.54) is 0 Å². The van der Waals surface area contributed by atoms with E-state index in [1.54, 1.807) is 22.5 Å². The second kappa shape index (κ2) is 6.96. The number of rotatable bonds is 4. The Morgan fingerprint density at radius 2 is 1.86 bits per heavy atom. The molecule has 0 N–H and O–H groups in total. The molecular formula is C14H20BrClN2O2S. The van der Waals surface area contributed by atoms with Crippen molar-refractivity contribution in [3.05, 3.63) is 28.2 Å².